The van der Waals surface area contributed by atoms with Gasteiger partial charge in [-0.2, -0.15) is 0 Å². The third kappa shape index (κ3) is 5.47. The number of nitrogens with zero attached hydrogens (tertiary/aromatic N) is 1. The number of carbonyl (C=O) groups is 3. The number of methoxy groups -OCH3 is 1. The highest BCUT2D eigenvalue weighted by Gasteiger charge is 2.12. The molecule has 0 spiro atoms. The number of benzene rings is 2. The third-order valence-corrected chi connectivity index (χ3v) is 4.88. The second kappa shape index (κ2) is 9.73. The first-order valence-electron chi connectivity index (χ1n) is 9.80. The van der Waals surface area contributed by atoms with Gasteiger partial charge in [-0.3, -0.25) is 9.59 Å². The van der Waals surface area contributed by atoms with Crippen LogP contribution in [0.1, 0.15) is 30.1 Å². The van der Waals surface area contributed by atoms with Crippen molar-refractivity contribution in [3.8, 4) is 0 Å². The fourth-order valence-corrected chi connectivity index (χ4v) is 3.21. The minimum Gasteiger partial charge on any atom is -0.465 e. The molecule has 0 radical (unpaired) electrons. The van der Waals surface area contributed by atoms with Crippen LogP contribution in [0.25, 0.3) is 0 Å². The van der Waals surface area contributed by atoms with Crippen molar-refractivity contribution in [1.82, 2.24) is 0 Å². The van der Waals surface area contributed by atoms with Gasteiger partial charge in [-0.25, -0.2) is 4.79 Å². The molecule has 1 saturated heterocycles. The van der Waals surface area contributed by atoms with Gasteiger partial charge in [0.1, 0.15) is 0 Å². The normalized spacial score (nSPS) is 13.7. The Kier molecular flexibility index (Phi) is 6.85. The van der Waals surface area contributed by atoms with Crippen LogP contribution in [0.15, 0.2) is 60.2 Å². The van der Waals surface area contributed by atoms with E-state index < -0.39 is 11.9 Å². The summed E-state index contributed by atoms with van der Waals surface area (Å²) in [6, 6.07) is 14.0. The smallest absolute Gasteiger partial charge is 0.337 e. The molecule has 2 aromatic carbocycles. The largest absolute Gasteiger partial charge is 0.465 e. The van der Waals surface area contributed by atoms with Gasteiger partial charge >= 0.3 is 5.97 Å². The molecule has 0 bridgehead atoms. The molecule has 7 heteroatoms. The van der Waals surface area contributed by atoms with Crippen LogP contribution in [0.2, 0.25) is 0 Å². The lowest BCUT2D eigenvalue weighted by atomic mass is 10.2. The highest BCUT2D eigenvalue weighted by atomic mass is 16.5. The van der Waals surface area contributed by atoms with Crippen molar-refractivity contribution < 1.29 is 19.1 Å². The average Bonchev–Trinajstić information content (AvgIpc) is 3.29. The van der Waals surface area contributed by atoms with E-state index in [1.54, 1.807) is 31.2 Å². The zero-order chi connectivity index (χ0) is 21.5. The van der Waals surface area contributed by atoms with E-state index >= 15 is 0 Å². The van der Waals surface area contributed by atoms with Gasteiger partial charge < -0.3 is 20.3 Å². The number of esters is 1. The summed E-state index contributed by atoms with van der Waals surface area (Å²) >= 11 is 0. The fraction of sp³-hybridized carbons (Fsp3) is 0.261. The fourth-order valence-electron chi connectivity index (χ4n) is 3.21. The highest BCUT2D eigenvalue weighted by molar-refractivity contribution is 6.10. The Hall–Kier alpha value is -3.61. The molecule has 0 aliphatic carbocycles. The van der Waals surface area contributed by atoms with Crippen molar-refractivity contribution in [3.05, 3.63) is 65.7 Å². The molecular weight excluding hydrogens is 382 g/mol. The summed E-state index contributed by atoms with van der Waals surface area (Å²) in [7, 11) is 1.30. The molecular formula is C23H25N3O4. The van der Waals surface area contributed by atoms with E-state index in [0.29, 0.717) is 16.9 Å². The molecule has 1 heterocycles. The van der Waals surface area contributed by atoms with Crippen LogP contribution in [-0.2, 0) is 14.3 Å². The lowest BCUT2D eigenvalue weighted by Crippen LogP contribution is -2.18. The van der Waals surface area contributed by atoms with E-state index in [1.807, 2.05) is 24.3 Å². The predicted octanol–water partition coefficient (Wildman–Crippen LogP) is 3.60. The number of amides is 2. The zero-order valence-corrected chi connectivity index (χ0v) is 17.1. The monoisotopic (exact) mass is 407 g/mol. The Morgan fingerprint density at radius 1 is 0.900 bits per heavy atom. The summed E-state index contributed by atoms with van der Waals surface area (Å²) in [6.45, 7) is 3.69. The highest BCUT2D eigenvalue weighted by Crippen LogP contribution is 2.22. The molecule has 2 aromatic rings. The zero-order valence-electron chi connectivity index (χ0n) is 17.1. The molecule has 1 fully saturated rings. The van der Waals surface area contributed by atoms with E-state index in [2.05, 4.69) is 20.3 Å². The maximum Gasteiger partial charge on any atom is 0.337 e. The van der Waals surface area contributed by atoms with Crippen LogP contribution in [0, 0.1) is 0 Å². The van der Waals surface area contributed by atoms with Crippen LogP contribution in [-0.4, -0.2) is 38.0 Å². The average molecular weight is 407 g/mol. The van der Waals surface area contributed by atoms with Gasteiger partial charge in [0.2, 0.25) is 5.91 Å². The number of rotatable bonds is 6. The minimum atomic E-state index is -0.450. The number of nitrogens with one attached hydrogen (secondary N) is 2. The van der Waals surface area contributed by atoms with Crippen LogP contribution in [0.3, 0.4) is 0 Å². The molecule has 1 aliphatic heterocycles. The van der Waals surface area contributed by atoms with Crippen molar-refractivity contribution in [2.45, 2.75) is 19.8 Å². The van der Waals surface area contributed by atoms with Gasteiger partial charge in [0.15, 0.2) is 0 Å². The topological polar surface area (TPSA) is 87.7 Å². The summed E-state index contributed by atoms with van der Waals surface area (Å²) in [5.41, 5.74) is 2.98. The predicted molar refractivity (Wildman–Crippen MR) is 117 cm³/mol. The van der Waals surface area contributed by atoms with Crippen molar-refractivity contribution in [2.24, 2.45) is 0 Å². The summed E-state index contributed by atoms with van der Waals surface area (Å²) in [5, 5.41) is 5.46. The Bertz CT molecular complexity index is 943. The van der Waals surface area contributed by atoms with Gasteiger partial charge in [0.05, 0.1) is 12.7 Å². The van der Waals surface area contributed by atoms with Crippen LogP contribution in [0.5, 0.6) is 0 Å². The van der Waals surface area contributed by atoms with Crippen molar-refractivity contribution in [3.63, 3.8) is 0 Å². The van der Waals surface area contributed by atoms with E-state index in [-0.39, 0.29) is 11.5 Å². The molecule has 1 aliphatic rings. The maximum absolute atomic E-state index is 12.3. The maximum atomic E-state index is 12.3. The van der Waals surface area contributed by atoms with Crippen LogP contribution < -0.4 is 15.5 Å². The van der Waals surface area contributed by atoms with Crippen molar-refractivity contribution in [1.29, 1.82) is 0 Å². The van der Waals surface area contributed by atoms with E-state index in [0.717, 1.165) is 18.8 Å². The second-order valence-corrected chi connectivity index (χ2v) is 7.08. The molecule has 7 nitrogen and oxygen atoms in total. The van der Waals surface area contributed by atoms with Gasteiger partial charge in [-0.05, 0) is 68.3 Å². The summed E-state index contributed by atoms with van der Waals surface area (Å²) < 4.78 is 4.64. The molecule has 156 valence electrons. The Morgan fingerprint density at radius 2 is 1.47 bits per heavy atom. The van der Waals surface area contributed by atoms with Crippen molar-refractivity contribution >= 4 is 34.8 Å². The van der Waals surface area contributed by atoms with Crippen LogP contribution >= 0.6 is 0 Å². The van der Waals surface area contributed by atoms with Gasteiger partial charge in [-0.15, -0.1) is 0 Å². The lowest BCUT2D eigenvalue weighted by Gasteiger charge is -2.17. The molecule has 3 rings (SSSR count). The Labute approximate surface area is 175 Å². The van der Waals surface area contributed by atoms with Gasteiger partial charge in [0, 0.05) is 41.8 Å². The van der Waals surface area contributed by atoms with E-state index in [4.69, 9.17) is 0 Å². The number of hydrogen-bond donors (Lipinski definition) is 2. The molecule has 0 atom stereocenters. The van der Waals surface area contributed by atoms with Gasteiger partial charge in [0.25, 0.3) is 5.91 Å². The summed E-state index contributed by atoms with van der Waals surface area (Å²) in [5.74, 6) is -1.23. The Morgan fingerprint density at radius 3 is 2.07 bits per heavy atom. The standard InChI is InChI=1S/C23H25N3O4/c1-16(22(28)25-19-7-5-17(6-8-19)23(29)30-2)15-21(27)24-18-9-11-20(12-10-18)26-13-3-4-14-26/h5-12,15H,3-4,13-14H2,1-2H3,(H,24,27)(H,25,28)/b16-15+. The number of ether oxygens (including phenoxy) is 1. The first-order valence-corrected chi connectivity index (χ1v) is 9.80. The quantitative estimate of drug-likeness (QED) is 0.564. The summed E-state index contributed by atoms with van der Waals surface area (Å²) in [6.07, 6.45) is 3.67. The molecule has 30 heavy (non-hydrogen) atoms. The molecule has 0 saturated carbocycles. The third-order valence-electron chi connectivity index (χ3n) is 4.88. The van der Waals surface area contributed by atoms with Crippen LogP contribution in [0.4, 0.5) is 17.1 Å². The molecule has 0 aromatic heterocycles. The number of anilines is 3. The first kappa shape index (κ1) is 21.1. The van der Waals surface area contributed by atoms with E-state index in [9.17, 15) is 14.4 Å². The first-order chi connectivity index (χ1) is 14.5. The lowest BCUT2D eigenvalue weighted by molar-refractivity contribution is -0.114. The molecule has 0 unspecified atom stereocenters. The minimum absolute atomic E-state index is 0.262. The molecule has 2 amide bonds. The second-order valence-electron chi connectivity index (χ2n) is 7.08. The van der Waals surface area contributed by atoms with E-state index in [1.165, 1.54) is 26.0 Å². The Balaban J connectivity index is 1.55. The summed E-state index contributed by atoms with van der Waals surface area (Å²) in [4.78, 5) is 38.3. The number of hydrogen-bond acceptors (Lipinski definition) is 5. The van der Waals surface area contributed by atoms with Gasteiger partial charge in [-0.1, -0.05) is 0 Å². The number of carbonyl (C=O) groups excluding carboxylic acids is 3. The van der Waals surface area contributed by atoms with Crippen molar-refractivity contribution in [2.75, 3.05) is 35.7 Å². The SMILES string of the molecule is COC(=O)c1ccc(NC(=O)/C(C)=C/C(=O)Nc2ccc(N3CCCC3)cc2)cc1. The molecule has 2 N–H and O–H groups in total.